The van der Waals surface area contributed by atoms with E-state index in [1.807, 2.05) is 6.92 Å². The summed E-state index contributed by atoms with van der Waals surface area (Å²) in [6.07, 6.45) is 5.73. The molecule has 0 aromatic carbocycles. The highest BCUT2D eigenvalue weighted by Crippen LogP contribution is 2.30. The Morgan fingerprint density at radius 1 is 1.32 bits per heavy atom. The Hall–Kier alpha value is -0.870. The van der Waals surface area contributed by atoms with Crippen molar-refractivity contribution in [3.8, 4) is 0 Å². The van der Waals surface area contributed by atoms with Gasteiger partial charge in [-0.2, -0.15) is 0 Å². The fraction of sp³-hybridized carbons (Fsp3) is 0.714. The molecular formula is C14H22ClN3O. The van der Waals surface area contributed by atoms with Gasteiger partial charge < -0.3 is 10.4 Å². The first-order chi connectivity index (χ1) is 9.04. The number of hydrogen-bond acceptors (Lipinski definition) is 4. The normalized spacial score (nSPS) is 17.7. The first-order valence-electron chi connectivity index (χ1n) is 7.03. The molecule has 0 amide bonds. The molecule has 19 heavy (non-hydrogen) atoms. The van der Waals surface area contributed by atoms with Crippen molar-refractivity contribution >= 4 is 17.4 Å². The number of aryl methyl sites for hydroxylation is 1. The summed E-state index contributed by atoms with van der Waals surface area (Å²) < 4.78 is 0. The molecule has 1 aromatic heterocycles. The van der Waals surface area contributed by atoms with Crippen LogP contribution in [0.25, 0.3) is 0 Å². The van der Waals surface area contributed by atoms with Gasteiger partial charge in [0.25, 0.3) is 0 Å². The molecule has 2 rings (SSSR count). The van der Waals surface area contributed by atoms with Crippen LogP contribution in [0.1, 0.15) is 50.4 Å². The molecule has 0 bridgehead atoms. The van der Waals surface area contributed by atoms with Gasteiger partial charge in [-0.15, -0.1) is 0 Å². The van der Waals surface area contributed by atoms with Crippen LogP contribution in [-0.4, -0.2) is 27.2 Å². The van der Waals surface area contributed by atoms with Gasteiger partial charge in [0.15, 0.2) is 0 Å². The van der Waals surface area contributed by atoms with Crippen LogP contribution in [0.15, 0.2) is 0 Å². The Labute approximate surface area is 119 Å². The SMILES string of the molecule is CCCc1nc(Cl)c(C)c(NCC2(O)CCCC2)n1. The Morgan fingerprint density at radius 3 is 2.63 bits per heavy atom. The van der Waals surface area contributed by atoms with Crippen LogP contribution in [0.3, 0.4) is 0 Å². The average molecular weight is 284 g/mol. The van der Waals surface area contributed by atoms with Crippen LogP contribution in [-0.2, 0) is 6.42 Å². The summed E-state index contributed by atoms with van der Waals surface area (Å²) in [4.78, 5) is 8.77. The summed E-state index contributed by atoms with van der Waals surface area (Å²) in [7, 11) is 0. The molecule has 0 unspecified atom stereocenters. The molecular weight excluding hydrogens is 262 g/mol. The van der Waals surface area contributed by atoms with E-state index in [9.17, 15) is 5.11 Å². The zero-order valence-electron chi connectivity index (χ0n) is 11.7. The molecule has 106 valence electrons. The third-order valence-corrected chi connectivity index (χ3v) is 4.09. The lowest BCUT2D eigenvalue weighted by atomic mass is 10.0. The molecule has 0 saturated heterocycles. The number of aromatic nitrogens is 2. The number of anilines is 1. The third-order valence-electron chi connectivity index (χ3n) is 3.73. The Kier molecular flexibility index (Phi) is 4.63. The minimum atomic E-state index is -0.589. The second-order valence-corrected chi connectivity index (χ2v) is 5.80. The highest BCUT2D eigenvalue weighted by molar-refractivity contribution is 6.30. The largest absolute Gasteiger partial charge is 0.388 e. The van der Waals surface area contributed by atoms with Crippen molar-refractivity contribution in [2.45, 2.75) is 58.0 Å². The summed E-state index contributed by atoms with van der Waals surface area (Å²) in [6, 6.07) is 0. The third kappa shape index (κ3) is 3.57. The van der Waals surface area contributed by atoms with E-state index in [1.54, 1.807) is 0 Å². The van der Waals surface area contributed by atoms with Crippen LogP contribution in [0.4, 0.5) is 5.82 Å². The molecule has 1 heterocycles. The molecule has 0 atom stereocenters. The molecule has 1 aliphatic rings. The highest BCUT2D eigenvalue weighted by Gasteiger charge is 2.31. The number of hydrogen-bond donors (Lipinski definition) is 2. The maximum Gasteiger partial charge on any atom is 0.137 e. The molecule has 1 aliphatic carbocycles. The first-order valence-corrected chi connectivity index (χ1v) is 7.41. The summed E-state index contributed by atoms with van der Waals surface area (Å²) in [6.45, 7) is 4.53. The maximum absolute atomic E-state index is 10.3. The zero-order chi connectivity index (χ0) is 13.9. The van der Waals surface area contributed by atoms with Crippen molar-refractivity contribution in [1.82, 2.24) is 9.97 Å². The van der Waals surface area contributed by atoms with Gasteiger partial charge in [-0.05, 0) is 26.2 Å². The fourth-order valence-electron chi connectivity index (χ4n) is 2.50. The summed E-state index contributed by atoms with van der Waals surface area (Å²) >= 11 is 6.13. The van der Waals surface area contributed by atoms with Gasteiger partial charge in [-0.25, -0.2) is 9.97 Å². The summed E-state index contributed by atoms with van der Waals surface area (Å²) in [5, 5.41) is 14.1. The molecule has 5 heteroatoms. The molecule has 1 fully saturated rings. The topological polar surface area (TPSA) is 58.0 Å². The highest BCUT2D eigenvalue weighted by atomic mass is 35.5. The lowest BCUT2D eigenvalue weighted by Gasteiger charge is -2.23. The van der Waals surface area contributed by atoms with E-state index in [2.05, 4.69) is 22.2 Å². The van der Waals surface area contributed by atoms with Crippen molar-refractivity contribution < 1.29 is 5.11 Å². The van der Waals surface area contributed by atoms with Gasteiger partial charge in [-0.1, -0.05) is 31.4 Å². The quantitative estimate of drug-likeness (QED) is 0.815. The van der Waals surface area contributed by atoms with E-state index in [0.29, 0.717) is 11.7 Å². The van der Waals surface area contributed by atoms with Gasteiger partial charge in [0.2, 0.25) is 0 Å². The fourth-order valence-corrected chi connectivity index (χ4v) is 2.69. The van der Waals surface area contributed by atoms with Gasteiger partial charge >= 0.3 is 0 Å². The molecule has 1 saturated carbocycles. The van der Waals surface area contributed by atoms with E-state index in [1.165, 1.54) is 0 Å². The van der Waals surface area contributed by atoms with E-state index < -0.39 is 5.60 Å². The number of nitrogens with zero attached hydrogens (tertiary/aromatic N) is 2. The summed E-state index contributed by atoms with van der Waals surface area (Å²) in [5.74, 6) is 1.52. The van der Waals surface area contributed by atoms with Crippen LogP contribution >= 0.6 is 11.6 Å². The van der Waals surface area contributed by atoms with Crippen molar-refractivity contribution in [3.05, 3.63) is 16.5 Å². The molecule has 4 nitrogen and oxygen atoms in total. The average Bonchev–Trinajstić information content (AvgIpc) is 2.80. The zero-order valence-corrected chi connectivity index (χ0v) is 12.4. The van der Waals surface area contributed by atoms with Crippen LogP contribution in [0.5, 0.6) is 0 Å². The minimum absolute atomic E-state index is 0.499. The predicted octanol–water partition coefficient (Wildman–Crippen LogP) is 3.11. The molecule has 0 spiro atoms. The number of rotatable bonds is 5. The van der Waals surface area contributed by atoms with Crippen molar-refractivity contribution in [3.63, 3.8) is 0 Å². The molecule has 2 N–H and O–H groups in total. The standard InChI is InChI=1S/C14H22ClN3O/c1-3-6-11-17-12(15)10(2)13(18-11)16-9-14(19)7-4-5-8-14/h19H,3-9H2,1-2H3,(H,16,17,18). The van der Waals surface area contributed by atoms with Crippen LogP contribution < -0.4 is 5.32 Å². The monoisotopic (exact) mass is 283 g/mol. The van der Waals surface area contributed by atoms with Gasteiger partial charge in [0.1, 0.15) is 16.8 Å². The van der Waals surface area contributed by atoms with Crippen LogP contribution in [0, 0.1) is 6.92 Å². The van der Waals surface area contributed by atoms with Crippen LogP contribution in [0.2, 0.25) is 5.15 Å². The lowest BCUT2D eigenvalue weighted by molar-refractivity contribution is 0.0614. The predicted molar refractivity (Wildman–Crippen MR) is 77.7 cm³/mol. The number of halogens is 1. The molecule has 0 aliphatic heterocycles. The minimum Gasteiger partial charge on any atom is -0.388 e. The van der Waals surface area contributed by atoms with E-state index in [4.69, 9.17) is 11.6 Å². The second-order valence-electron chi connectivity index (χ2n) is 5.44. The Balaban J connectivity index is 2.10. The van der Waals surface area contributed by atoms with E-state index in [0.717, 1.165) is 55.7 Å². The Bertz CT molecular complexity index is 445. The maximum atomic E-state index is 10.3. The van der Waals surface area contributed by atoms with Gasteiger partial charge in [0.05, 0.1) is 5.60 Å². The van der Waals surface area contributed by atoms with E-state index in [-0.39, 0.29) is 0 Å². The Morgan fingerprint density at radius 2 is 2.00 bits per heavy atom. The molecule has 0 radical (unpaired) electrons. The van der Waals surface area contributed by atoms with Gasteiger partial charge in [-0.3, -0.25) is 0 Å². The number of aliphatic hydroxyl groups is 1. The van der Waals surface area contributed by atoms with Gasteiger partial charge in [0, 0.05) is 18.5 Å². The lowest BCUT2D eigenvalue weighted by Crippen LogP contribution is -2.34. The molecule has 1 aromatic rings. The second kappa shape index (κ2) is 6.06. The van der Waals surface area contributed by atoms with Crippen molar-refractivity contribution in [1.29, 1.82) is 0 Å². The van der Waals surface area contributed by atoms with Crippen molar-refractivity contribution in [2.24, 2.45) is 0 Å². The first kappa shape index (κ1) is 14.5. The smallest absolute Gasteiger partial charge is 0.137 e. The van der Waals surface area contributed by atoms with E-state index >= 15 is 0 Å². The van der Waals surface area contributed by atoms with Crippen molar-refractivity contribution in [2.75, 3.05) is 11.9 Å². The summed E-state index contributed by atoms with van der Waals surface area (Å²) in [5.41, 5.74) is 0.262. The number of nitrogens with one attached hydrogen (secondary N) is 1.